The molecule has 0 radical (unpaired) electrons. The van der Waals surface area contributed by atoms with Crippen molar-refractivity contribution in [3.63, 3.8) is 0 Å². The van der Waals surface area contributed by atoms with Crippen LogP contribution < -0.4 is 0 Å². The minimum Gasteiger partial charge on any atom is -0.509 e. The van der Waals surface area contributed by atoms with Crippen molar-refractivity contribution in [1.82, 2.24) is 0 Å². The van der Waals surface area contributed by atoms with Crippen molar-refractivity contribution in [2.75, 3.05) is 0 Å². The maximum atomic E-state index is 12.0. The second kappa shape index (κ2) is 10.3. The van der Waals surface area contributed by atoms with Crippen LogP contribution in [-0.4, -0.2) is 27.9 Å². The highest BCUT2D eigenvalue weighted by molar-refractivity contribution is 6.21. The van der Waals surface area contributed by atoms with Gasteiger partial charge in [0, 0.05) is 12.8 Å². The van der Waals surface area contributed by atoms with E-state index in [0.29, 0.717) is 0 Å². The van der Waals surface area contributed by atoms with Gasteiger partial charge in [-0.1, -0.05) is 38.3 Å². The molecule has 0 spiro atoms. The largest absolute Gasteiger partial charge is 0.509 e. The predicted octanol–water partition coefficient (Wildman–Crippen LogP) is 3.79. The van der Waals surface area contributed by atoms with Gasteiger partial charge in [-0.05, 0) is 32.1 Å². The Hall–Kier alpha value is -1.42. The van der Waals surface area contributed by atoms with E-state index >= 15 is 0 Å². The van der Waals surface area contributed by atoms with Gasteiger partial charge in [-0.15, -0.1) is 0 Å². The molecule has 124 valence electrons. The highest BCUT2D eigenvalue weighted by atomic mass is 16.3. The van der Waals surface area contributed by atoms with Crippen LogP contribution in [0, 0.1) is 0 Å². The second-order valence-electron chi connectivity index (χ2n) is 5.87. The maximum Gasteiger partial charge on any atom is 0.170 e. The Morgan fingerprint density at radius 1 is 1.18 bits per heavy atom. The van der Waals surface area contributed by atoms with E-state index in [4.69, 9.17) is 0 Å². The summed E-state index contributed by atoms with van der Waals surface area (Å²) in [6, 6.07) is 0. The van der Waals surface area contributed by atoms with Gasteiger partial charge in [-0.3, -0.25) is 9.59 Å². The molecule has 1 unspecified atom stereocenters. The average molecular weight is 308 g/mol. The molecule has 0 saturated heterocycles. The summed E-state index contributed by atoms with van der Waals surface area (Å²) in [4.78, 5) is 23.7. The third-order valence-electron chi connectivity index (χ3n) is 3.92. The first-order chi connectivity index (χ1) is 10.6. The summed E-state index contributed by atoms with van der Waals surface area (Å²) in [7, 11) is 0. The Morgan fingerprint density at radius 3 is 2.59 bits per heavy atom. The molecule has 1 atom stereocenters. The van der Waals surface area contributed by atoms with Crippen molar-refractivity contribution in [2.45, 2.75) is 77.2 Å². The van der Waals surface area contributed by atoms with Crippen molar-refractivity contribution in [1.29, 1.82) is 0 Å². The lowest BCUT2D eigenvalue weighted by molar-refractivity contribution is -0.123. The van der Waals surface area contributed by atoms with E-state index in [-0.39, 0.29) is 36.4 Å². The highest BCUT2D eigenvalue weighted by Crippen LogP contribution is 2.23. The van der Waals surface area contributed by atoms with E-state index in [1.54, 1.807) is 0 Å². The van der Waals surface area contributed by atoms with Crippen LogP contribution in [0.2, 0.25) is 0 Å². The van der Waals surface area contributed by atoms with Crippen LogP contribution in [0.1, 0.15) is 71.1 Å². The van der Waals surface area contributed by atoms with Crippen LogP contribution in [0.5, 0.6) is 0 Å². The number of rotatable bonds is 10. The molecule has 2 N–H and O–H groups in total. The summed E-state index contributed by atoms with van der Waals surface area (Å²) >= 11 is 0. The number of hydrogen-bond acceptors (Lipinski definition) is 4. The highest BCUT2D eigenvalue weighted by Gasteiger charge is 2.30. The lowest BCUT2D eigenvalue weighted by atomic mass is 9.89. The SMILES string of the molecule is CCCC=CCCCCCCC(=O)C1=C(O)C(O)CCC1=O. The zero-order chi connectivity index (χ0) is 16.4. The van der Waals surface area contributed by atoms with Gasteiger partial charge in [0.05, 0.1) is 0 Å². The topological polar surface area (TPSA) is 74.6 Å². The number of Topliss-reactive ketones (excluding diaryl/α,β-unsaturated/α-hetero) is 2. The zero-order valence-corrected chi connectivity index (χ0v) is 13.5. The zero-order valence-electron chi connectivity index (χ0n) is 13.5. The molecule has 1 rings (SSSR count). The van der Waals surface area contributed by atoms with Crippen LogP contribution in [0.25, 0.3) is 0 Å². The predicted molar refractivity (Wildman–Crippen MR) is 86.7 cm³/mol. The molecule has 0 aromatic heterocycles. The van der Waals surface area contributed by atoms with Crippen LogP contribution in [0.4, 0.5) is 0 Å². The summed E-state index contributed by atoms with van der Waals surface area (Å²) in [5.41, 5.74) is -0.166. The maximum absolute atomic E-state index is 12.0. The molecule has 22 heavy (non-hydrogen) atoms. The smallest absolute Gasteiger partial charge is 0.170 e. The number of hydrogen-bond donors (Lipinski definition) is 2. The molecule has 0 aromatic carbocycles. The first kappa shape index (κ1) is 18.6. The van der Waals surface area contributed by atoms with Gasteiger partial charge in [0.1, 0.15) is 17.4 Å². The Labute approximate surface area is 132 Å². The van der Waals surface area contributed by atoms with Gasteiger partial charge < -0.3 is 10.2 Å². The Morgan fingerprint density at radius 2 is 1.86 bits per heavy atom. The quantitative estimate of drug-likeness (QED) is 0.366. The second-order valence-corrected chi connectivity index (χ2v) is 5.87. The molecule has 1 aliphatic carbocycles. The normalized spacial score (nSPS) is 19.2. The van der Waals surface area contributed by atoms with E-state index in [2.05, 4.69) is 19.1 Å². The standard InChI is InChI=1S/C18H28O4/c1-2-3-4-5-6-7-8-9-10-11-14(19)17-15(20)12-13-16(21)18(17)22/h4-5,16,21-22H,2-3,6-13H2,1H3. The molecule has 0 aliphatic heterocycles. The average Bonchev–Trinajstić information content (AvgIpc) is 2.50. The van der Waals surface area contributed by atoms with Crippen LogP contribution in [0.15, 0.2) is 23.5 Å². The van der Waals surface area contributed by atoms with Gasteiger partial charge in [-0.2, -0.15) is 0 Å². The summed E-state index contributed by atoms with van der Waals surface area (Å²) in [5.74, 6) is -1.10. The third kappa shape index (κ3) is 6.14. The first-order valence-corrected chi connectivity index (χ1v) is 8.40. The molecule has 0 fully saturated rings. The van der Waals surface area contributed by atoms with Crippen LogP contribution >= 0.6 is 0 Å². The number of carbonyl (C=O) groups is 2. The molecule has 0 bridgehead atoms. The molecular formula is C18H28O4. The van der Waals surface area contributed by atoms with Gasteiger partial charge in [0.15, 0.2) is 11.6 Å². The summed E-state index contributed by atoms with van der Waals surface area (Å²) < 4.78 is 0. The molecule has 4 nitrogen and oxygen atoms in total. The van der Waals surface area contributed by atoms with Gasteiger partial charge in [0.25, 0.3) is 0 Å². The minimum atomic E-state index is -1.06. The number of aliphatic hydroxyl groups is 2. The first-order valence-electron chi connectivity index (χ1n) is 8.40. The van der Waals surface area contributed by atoms with Crippen LogP contribution in [0.3, 0.4) is 0 Å². The Balaban J connectivity index is 2.23. The fourth-order valence-corrected chi connectivity index (χ4v) is 2.57. The summed E-state index contributed by atoms with van der Waals surface area (Å²) in [5, 5.41) is 19.2. The van der Waals surface area contributed by atoms with Crippen molar-refractivity contribution >= 4 is 11.6 Å². The number of carbonyl (C=O) groups excluding carboxylic acids is 2. The van der Waals surface area contributed by atoms with E-state index in [1.165, 1.54) is 6.42 Å². The van der Waals surface area contributed by atoms with Crippen molar-refractivity contribution < 1.29 is 19.8 Å². The molecule has 0 heterocycles. The van der Waals surface area contributed by atoms with Gasteiger partial charge >= 0.3 is 0 Å². The number of allylic oxidation sites excluding steroid dienone is 3. The van der Waals surface area contributed by atoms with Crippen molar-refractivity contribution in [3.05, 3.63) is 23.5 Å². The third-order valence-corrected chi connectivity index (χ3v) is 3.92. The summed E-state index contributed by atoms with van der Waals surface area (Å²) in [6.07, 6.45) is 11.2. The molecular weight excluding hydrogens is 280 g/mol. The monoisotopic (exact) mass is 308 g/mol. The summed E-state index contributed by atoms with van der Waals surface area (Å²) in [6.45, 7) is 2.16. The van der Waals surface area contributed by atoms with Gasteiger partial charge in [-0.25, -0.2) is 0 Å². The fourth-order valence-electron chi connectivity index (χ4n) is 2.57. The number of aliphatic hydroxyl groups excluding tert-OH is 2. The Bertz CT molecular complexity index is 434. The van der Waals surface area contributed by atoms with Crippen LogP contribution in [-0.2, 0) is 9.59 Å². The lowest BCUT2D eigenvalue weighted by Crippen LogP contribution is -2.27. The molecule has 0 saturated carbocycles. The molecule has 0 aromatic rings. The van der Waals surface area contributed by atoms with Gasteiger partial charge in [0.2, 0.25) is 0 Å². The molecule has 0 amide bonds. The minimum absolute atomic E-state index is 0.135. The fraction of sp³-hybridized carbons (Fsp3) is 0.667. The lowest BCUT2D eigenvalue weighted by Gasteiger charge is -2.18. The van der Waals surface area contributed by atoms with E-state index in [0.717, 1.165) is 38.5 Å². The van der Waals surface area contributed by atoms with E-state index in [1.807, 2.05) is 0 Å². The van der Waals surface area contributed by atoms with Crippen molar-refractivity contribution in [3.8, 4) is 0 Å². The van der Waals surface area contributed by atoms with Crippen molar-refractivity contribution in [2.24, 2.45) is 0 Å². The molecule has 1 aliphatic rings. The molecule has 4 heteroatoms. The van der Waals surface area contributed by atoms with E-state index in [9.17, 15) is 19.8 Å². The number of ketones is 2. The van der Waals surface area contributed by atoms with E-state index < -0.39 is 11.9 Å². The number of unbranched alkanes of at least 4 members (excludes halogenated alkanes) is 5. The Kier molecular flexibility index (Phi) is 8.75.